The zero-order chi connectivity index (χ0) is 15.8. The van der Waals surface area contributed by atoms with Crippen LogP contribution in [-0.4, -0.2) is 27.4 Å². The molecule has 4 rings (SSSR count). The summed E-state index contributed by atoms with van der Waals surface area (Å²) in [6, 6.07) is 2.02. The van der Waals surface area contributed by atoms with Gasteiger partial charge < -0.3 is 14.8 Å². The van der Waals surface area contributed by atoms with Gasteiger partial charge in [-0.1, -0.05) is 30.4 Å². The molecule has 1 fully saturated rings. The van der Waals surface area contributed by atoms with Crippen molar-refractivity contribution in [3.8, 4) is 0 Å². The van der Waals surface area contributed by atoms with E-state index in [0.29, 0.717) is 5.11 Å². The second-order valence-electron chi connectivity index (χ2n) is 5.96. The summed E-state index contributed by atoms with van der Waals surface area (Å²) in [6.45, 7) is 0. The molecule has 1 aromatic rings. The maximum absolute atomic E-state index is 10.8. The molecule has 2 N–H and O–H groups in total. The van der Waals surface area contributed by atoms with Crippen molar-refractivity contribution >= 4 is 22.9 Å². The fraction of sp³-hybridized carbons (Fsp3) is 0.278. The van der Waals surface area contributed by atoms with Crippen LogP contribution in [0, 0.1) is 5.92 Å². The number of fused-ring (bicyclic) bond motifs is 1. The highest BCUT2D eigenvalue weighted by molar-refractivity contribution is 7.80. The molecule has 3 unspecified atom stereocenters. The average molecular weight is 326 g/mol. The molecule has 0 saturated carbocycles. The molecule has 0 amide bonds. The molecule has 1 aliphatic heterocycles. The lowest BCUT2D eigenvalue weighted by atomic mass is 9.90. The maximum Gasteiger partial charge on any atom is 0.176 e. The zero-order valence-electron chi connectivity index (χ0n) is 12.6. The van der Waals surface area contributed by atoms with Crippen LogP contribution < -0.4 is 5.32 Å². The molecule has 5 heteroatoms. The molecular weight excluding hydrogens is 308 g/mol. The Bertz CT molecular complexity index is 730. The molecule has 3 aliphatic rings. The minimum Gasteiger partial charge on any atom is -0.472 e. The quantitative estimate of drug-likeness (QED) is 0.818. The molecule has 1 aromatic heterocycles. The van der Waals surface area contributed by atoms with E-state index in [0.717, 1.165) is 24.1 Å². The van der Waals surface area contributed by atoms with Gasteiger partial charge in [0.2, 0.25) is 0 Å². The standard InChI is InChI=1S/C18H18N2O2S/c21-17-15-6-1-2-7-16(15)19-18(23)20(17)14-5-3-4-12(10-14)13-8-9-22-11-13/h1-2,5-11,15-17,21H,3-4H2,(H,19,23). The van der Waals surface area contributed by atoms with Gasteiger partial charge in [-0.2, -0.15) is 0 Å². The Kier molecular flexibility index (Phi) is 3.67. The number of nitrogens with one attached hydrogen (secondary N) is 1. The van der Waals surface area contributed by atoms with E-state index in [9.17, 15) is 5.11 Å². The number of nitrogens with zero attached hydrogens (tertiary/aromatic N) is 1. The number of aliphatic hydroxyl groups is 1. The Morgan fingerprint density at radius 3 is 3.00 bits per heavy atom. The van der Waals surface area contributed by atoms with Crippen LogP contribution >= 0.6 is 12.2 Å². The first-order valence-electron chi connectivity index (χ1n) is 7.80. The number of rotatable bonds is 2. The number of thiocarbonyl (C=S) groups is 1. The molecule has 2 heterocycles. The lowest BCUT2D eigenvalue weighted by Crippen LogP contribution is -2.60. The van der Waals surface area contributed by atoms with Gasteiger partial charge in [-0.25, -0.2) is 0 Å². The van der Waals surface area contributed by atoms with E-state index in [2.05, 4.69) is 17.5 Å². The van der Waals surface area contributed by atoms with Crippen LogP contribution in [0.1, 0.15) is 18.4 Å². The molecule has 23 heavy (non-hydrogen) atoms. The summed E-state index contributed by atoms with van der Waals surface area (Å²) in [4.78, 5) is 1.82. The van der Waals surface area contributed by atoms with E-state index in [-0.39, 0.29) is 12.0 Å². The second-order valence-corrected chi connectivity index (χ2v) is 6.34. The number of aliphatic hydroxyl groups excluding tert-OH is 1. The topological polar surface area (TPSA) is 48.6 Å². The normalized spacial score (nSPS) is 29.7. The minimum atomic E-state index is -0.666. The van der Waals surface area contributed by atoms with E-state index < -0.39 is 6.23 Å². The van der Waals surface area contributed by atoms with Crippen molar-refractivity contribution in [1.82, 2.24) is 10.2 Å². The lowest BCUT2D eigenvalue weighted by Gasteiger charge is -2.44. The van der Waals surface area contributed by atoms with E-state index >= 15 is 0 Å². The van der Waals surface area contributed by atoms with Gasteiger partial charge in [-0.3, -0.25) is 4.90 Å². The Morgan fingerprint density at radius 2 is 2.17 bits per heavy atom. The van der Waals surface area contributed by atoms with Crippen LogP contribution in [0.2, 0.25) is 0 Å². The summed E-state index contributed by atoms with van der Waals surface area (Å²) in [5.74, 6) is -0.0136. The summed E-state index contributed by atoms with van der Waals surface area (Å²) in [5, 5.41) is 14.7. The van der Waals surface area contributed by atoms with Crippen molar-refractivity contribution < 1.29 is 9.52 Å². The van der Waals surface area contributed by atoms with Gasteiger partial charge >= 0.3 is 0 Å². The SMILES string of the molecule is OC1C2C=CC=CC2NC(=S)N1C1=CCCC(c2ccoc2)=C1. The van der Waals surface area contributed by atoms with Gasteiger partial charge in [-0.05, 0) is 42.8 Å². The summed E-state index contributed by atoms with van der Waals surface area (Å²) < 4.78 is 5.18. The highest BCUT2D eigenvalue weighted by Gasteiger charge is 2.38. The Morgan fingerprint density at radius 1 is 1.30 bits per heavy atom. The first-order chi connectivity index (χ1) is 11.2. The van der Waals surface area contributed by atoms with Crippen LogP contribution in [0.15, 0.2) is 65.2 Å². The lowest BCUT2D eigenvalue weighted by molar-refractivity contribution is 0.0169. The van der Waals surface area contributed by atoms with Gasteiger partial charge in [0.1, 0.15) is 6.23 Å². The molecule has 118 valence electrons. The van der Waals surface area contributed by atoms with Gasteiger partial charge in [0.25, 0.3) is 0 Å². The molecule has 0 radical (unpaired) electrons. The Labute approximate surface area is 140 Å². The number of furan rings is 1. The maximum atomic E-state index is 10.8. The monoisotopic (exact) mass is 326 g/mol. The fourth-order valence-electron chi connectivity index (χ4n) is 3.36. The molecular formula is C18H18N2O2S. The number of hydrogen-bond acceptors (Lipinski definition) is 3. The van der Waals surface area contributed by atoms with Crippen LogP contribution in [0.5, 0.6) is 0 Å². The zero-order valence-corrected chi connectivity index (χ0v) is 13.4. The van der Waals surface area contributed by atoms with Crippen molar-refractivity contribution in [2.24, 2.45) is 5.92 Å². The van der Waals surface area contributed by atoms with Crippen LogP contribution in [-0.2, 0) is 0 Å². The highest BCUT2D eigenvalue weighted by Crippen LogP contribution is 2.33. The third kappa shape index (κ3) is 2.56. The van der Waals surface area contributed by atoms with Gasteiger partial charge in [0, 0.05) is 17.2 Å². The first kappa shape index (κ1) is 14.5. The minimum absolute atomic E-state index is 0.0136. The van der Waals surface area contributed by atoms with Gasteiger partial charge in [-0.15, -0.1) is 0 Å². The predicted molar refractivity (Wildman–Crippen MR) is 93.1 cm³/mol. The summed E-state index contributed by atoms with van der Waals surface area (Å²) in [7, 11) is 0. The molecule has 0 aromatic carbocycles. The molecule has 4 nitrogen and oxygen atoms in total. The van der Waals surface area contributed by atoms with Crippen molar-refractivity contribution in [3.05, 3.63) is 66.3 Å². The smallest absolute Gasteiger partial charge is 0.176 e. The highest BCUT2D eigenvalue weighted by atomic mass is 32.1. The van der Waals surface area contributed by atoms with E-state index in [1.165, 1.54) is 5.57 Å². The van der Waals surface area contributed by atoms with E-state index in [1.54, 1.807) is 12.5 Å². The predicted octanol–water partition coefficient (Wildman–Crippen LogP) is 2.96. The fourth-order valence-corrected chi connectivity index (χ4v) is 3.71. The third-order valence-electron chi connectivity index (χ3n) is 4.55. The molecule has 3 atom stereocenters. The Hall–Kier alpha value is -2.11. The van der Waals surface area contributed by atoms with Crippen molar-refractivity contribution in [2.75, 3.05) is 0 Å². The summed E-state index contributed by atoms with van der Waals surface area (Å²) in [6.07, 6.45) is 16.9. The Balaban J connectivity index is 1.64. The van der Waals surface area contributed by atoms with Crippen molar-refractivity contribution in [1.29, 1.82) is 0 Å². The molecule has 1 saturated heterocycles. The van der Waals surface area contributed by atoms with Gasteiger partial charge in [0.15, 0.2) is 5.11 Å². The van der Waals surface area contributed by atoms with Crippen LogP contribution in [0.3, 0.4) is 0 Å². The van der Waals surface area contributed by atoms with Crippen molar-refractivity contribution in [2.45, 2.75) is 25.1 Å². The summed E-state index contributed by atoms with van der Waals surface area (Å²) in [5.41, 5.74) is 3.23. The van der Waals surface area contributed by atoms with Crippen LogP contribution in [0.4, 0.5) is 0 Å². The third-order valence-corrected chi connectivity index (χ3v) is 4.87. The molecule has 0 spiro atoms. The second kappa shape index (κ2) is 5.83. The van der Waals surface area contributed by atoms with Gasteiger partial charge in [0.05, 0.1) is 18.6 Å². The van der Waals surface area contributed by atoms with Crippen molar-refractivity contribution in [3.63, 3.8) is 0 Å². The largest absolute Gasteiger partial charge is 0.472 e. The van der Waals surface area contributed by atoms with Crippen LogP contribution in [0.25, 0.3) is 5.57 Å². The summed E-state index contributed by atoms with van der Waals surface area (Å²) >= 11 is 5.50. The molecule has 2 aliphatic carbocycles. The average Bonchev–Trinajstić information content (AvgIpc) is 3.10. The number of hydrogen-bond donors (Lipinski definition) is 2. The first-order valence-corrected chi connectivity index (χ1v) is 8.21. The number of allylic oxidation sites excluding steroid dienone is 5. The molecule has 0 bridgehead atoms. The van der Waals surface area contributed by atoms with E-state index in [1.807, 2.05) is 35.3 Å². The van der Waals surface area contributed by atoms with E-state index in [4.69, 9.17) is 16.6 Å².